The number of nitrogens with zero attached hydrogens (tertiary/aromatic N) is 1. The van der Waals surface area contributed by atoms with Crippen LogP contribution in [0, 0.1) is 13.8 Å². The molecule has 0 aliphatic carbocycles. The van der Waals surface area contributed by atoms with E-state index >= 15 is 0 Å². The van der Waals surface area contributed by atoms with Crippen LogP contribution in [0.5, 0.6) is 0 Å². The van der Waals surface area contributed by atoms with Crippen LogP contribution in [0.25, 0.3) is 10.6 Å². The summed E-state index contributed by atoms with van der Waals surface area (Å²) in [5, 5.41) is 3.06. The van der Waals surface area contributed by atoms with Gasteiger partial charge in [0.2, 0.25) is 0 Å². The van der Waals surface area contributed by atoms with Crippen LogP contribution in [-0.4, -0.2) is 18.1 Å². The van der Waals surface area contributed by atoms with Crippen molar-refractivity contribution in [2.24, 2.45) is 0 Å². The third-order valence-corrected chi connectivity index (χ3v) is 4.53. The van der Waals surface area contributed by atoms with Gasteiger partial charge in [-0.15, -0.1) is 22.7 Å². The molecule has 0 spiro atoms. The zero-order valence-corrected chi connectivity index (χ0v) is 12.3. The third-order valence-electron chi connectivity index (χ3n) is 2.64. The predicted octanol–water partition coefficient (Wildman–Crippen LogP) is 3.59. The number of hydrogen-bond donors (Lipinski definition) is 0. The van der Waals surface area contributed by atoms with E-state index in [1.165, 1.54) is 22.4 Å². The van der Waals surface area contributed by atoms with Gasteiger partial charge >= 0.3 is 5.97 Å². The molecule has 0 fully saturated rings. The molecule has 18 heavy (non-hydrogen) atoms. The van der Waals surface area contributed by atoms with E-state index in [0.29, 0.717) is 12.8 Å². The molecular weight excluding hydrogens is 266 g/mol. The maximum absolute atomic E-state index is 11.1. The van der Waals surface area contributed by atoms with Crippen molar-refractivity contribution in [1.29, 1.82) is 0 Å². The average Bonchev–Trinajstić information content (AvgIpc) is 2.92. The summed E-state index contributed by atoms with van der Waals surface area (Å²) < 4.78 is 4.62. The van der Waals surface area contributed by atoms with Crippen molar-refractivity contribution in [2.45, 2.75) is 26.7 Å². The molecule has 0 aromatic carbocycles. The second-order valence-corrected chi connectivity index (χ2v) is 6.37. The highest BCUT2D eigenvalue weighted by Gasteiger charge is 2.11. The summed E-state index contributed by atoms with van der Waals surface area (Å²) in [6.07, 6.45) is 1.03. The van der Waals surface area contributed by atoms with Gasteiger partial charge in [-0.25, -0.2) is 4.98 Å². The number of esters is 1. The van der Waals surface area contributed by atoms with Crippen molar-refractivity contribution in [1.82, 2.24) is 4.98 Å². The van der Waals surface area contributed by atoms with Crippen LogP contribution < -0.4 is 0 Å². The Morgan fingerprint density at radius 1 is 1.44 bits per heavy atom. The quantitative estimate of drug-likeness (QED) is 0.804. The minimum absolute atomic E-state index is 0.188. The molecule has 0 radical (unpaired) electrons. The lowest BCUT2D eigenvalue weighted by molar-refractivity contribution is -0.140. The van der Waals surface area contributed by atoms with Crippen LogP contribution in [0.3, 0.4) is 0 Å². The number of aryl methyl sites for hydroxylation is 3. The predicted molar refractivity (Wildman–Crippen MR) is 75.2 cm³/mol. The topological polar surface area (TPSA) is 39.2 Å². The fourth-order valence-electron chi connectivity index (χ4n) is 1.72. The van der Waals surface area contributed by atoms with Crippen molar-refractivity contribution in [3.8, 4) is 10.6 Å². The number of aromatic nitrogens is 1. The van der Waals surface area contributed by atoms with Crippen molar-refractivity contribution in [2.75, 3.05) is 7.11 Å². The molecule has 2 aromatic rings. The van der Waals surface area contributed by atoms with Gasteiger partial charge in [0, 0.05) is 27.1 Å². The molecule has 0 atom stereocenters. The molecule has 96 valence electrons. The Labute approximate surface area is 114 Å². The minimum Gasteiger partial charge on any atom is -0.469 e. The minimum atomic E-state index is -0.188. The van der Waals surface area contributed by atoms with Crippen LogP contribution in [-0.2, 0) is 16.0 Å². The fourth-order valence-corrected chi connectivity index (χ4v) is 3.64. The molecule has 0 bridgehead atoms. The number of hydrogen-bond acceptors (Lipinski definition) is 5. The first-order valence-electron chi connectivity index (χ1n) is 5.68. The molecule has 2 aromatic heterocycles. The summed E-state index contributed by atoms with van der Waals surface area (Å²) >= 11 is 3.42. The largest absolute Gasteiger partial charge is 0.469 e. The second-order valence-electron chi connectivity index (χ2n) is 4.05. The van der Waals surface area contributed by atoms with Gasteiger partial charge in [-0.05, 0) is 19.9 Å². The number of thiophene rings is 1. The van der Waals surface area contributed by atoms with Gasteiger partial charge in [0.25, 0.3) is 0 Å². The van der Waals surface area contributed by atoms with Gasteiger partial charge in [-0.1, -0.05) is 0 Å². The Kier molecular flexibility index (Phi) is 4.14. The first-order valence-corrected chi connectivity index (χ1v) is 7.38. The van der Waals surface area contributed by atoms with E-state index in [1.54, 1.807) is 22.7 Å². The highest BCUT2D eigenvalue weighted by Crippen LogP contribution is 2.32. The average molecular weight is 281 g/mol. The molecule has 0 N–H and O–H groups in total. The summed E-state index contributed by atoms with van der Waals surface area (Å²) in [6.45, 7) is 4.22. The molecule has 2 heterocycles. The number of methoxy groups -OCH3 is 1. The van der Waals surface area contributed by atoms with Crippen LogP contribution in [0.1, 0.15) is 21.9 Å². The number of carbonyl (C=O) groups is 1. The second kappa shape index (κ2) is 5.63. The van der Waals surface area contributed by atoms with Crippen molar-refractivity contribution in [3.63, 3.8) is 0 Å². The zero-order valence-electron chi connectivity index (χ0n) is 10.6. The Morgan fingerprint density at radius 3 is 2.83 bits per heavy atom. The number of rotatable bonds is 4. The smallest absolute Gasteiger partial charge is 0.305 e. The Morgan fingerprint density at radius 2 is 2.22 bits per heavy atom. The Bertz CT molecular complexity index is 557. The molecule has 5 heteroatoms. The molecule has 2 rings (SSSR count). The van der Waals surface area contributed by atoms with E-state index in [1.807, 2.05) is 5.38 Å². The lowest BCUT2D eigenvalue weighted by Gasteiger charge is -1.96. The lowest BCUT2D eigenvalue weighted by atomic mass is 10.2. The summed E-state index contributed by atoms with van der Waals surface area (Å²) in [5.41, 5.74) is 2.18. The molecule has 0 aliphatic heterocycles. The van der Waals surface area contributed by atoms with Gasteiger partial charge in [-0.3, -0.25) is 4.79 Å². The Balaban J connectivity index is 2.11. The van der Waals surface area contributed by atoms with E-state index in [0.717, 1.165) is 10.7 Å². The van der Waals surface area contributed by atoms with Gasteiger partial charge < -0.3 is 4.74 Å². The van der Waals surface area contributed by atoms with Crippen LogP contribution in [0.15, 0.2) is 11.4 Å². The molecule has 0 saturated heterocycles. The monoisotopic (exact) mass is 281 g/mol. The highest BCUT2D eigenvalue weighted by atomic mass is 32.1. The van der Waals surface area contributed by atoms with Gasteiger partial charge in [0.1, 0.15) is 5.01 Å². The third kappa shape index (κ3) is 2.97. The van der Waals surface area contributed by atoms with E-state index in [9.17, 15) is 4.79 Å². The van der Waals surface area contributed by atoms with E-state index in [4.69, 9.17) is 0 Å². The maximum Gasteiger partial charge on any atom is 0.305 e. The first kappa shape index (κ1) is 13.2. The van der Waals surface area contributed by atoms with Gasteiger partial charge in [-0.2, -0.15) is 0 Å². The molecular formula is C13H15NO2S2. The summed E-state index contributed by atoms with van der Waals surface area (Å²) in [6, 6.07) is 2.17. The highest BCUT2D eigenvalue weighted by molar-refractivity contribution is 7.15. The van der Waals surface area contributed by atoms with E-state index < -0.39 is 0 Å². The fraction of sp³-hybridized carbons (Fsp3) is 0.385. The van der Waals surface area contributed by atoms with Crippen molar-refractivity contribution < 1.29 is 9.53 Å². The maximum atomic E-state index is 11.1. The van der Waals surface area contributed by atoms with E-state index in [-0.39, 0.29) is 5.97 Å². The standard InChI is InChI=1S/C13H15NO2S2/c1-8-6-11(9(2)18-8)13-14-10(7-17-13)4-5-12(15)16-3/h6-7H,4-5H2,1-3H3. The van der Waals surface area contributed by atoms with Gasteiger partial charge in [0.05, 0.1) is 19.2 Å². The molecule has 3 nitrogen and oxygen atoms in total. The summed E-state index contributed by atoms with van der Waals surface area (Å²) in [7, 11) is 1.41. The SMILES string of the molecule is COC(=O)CCc1csc(-c2cc(C)sc2C)n1. The van der Waals surface area contributed by atoms with Crippen LogP contribution >= 0.6 is 22.7 Å². The molecule has 0 saturated carbocycles. The van der Waals surface area contributed by atoms with Crippen molar-refractivity contribution >= 4 is 28.6 Å². The first-order chi connectivity index (χ1) is 8.60. The van der Waals surface area contributed by atoms with Gasteiger partial charge in [0.15, 0.2) is 0 Å². The zero-order chi connectivity index (χ0) is 13.1. The molecule has 0 unspecified atom stereocenters. The molecule has 0 aliphatic rings. The van der Waals surface area contributed by atoms with Crippen molar-refractivity contribution in [3.05, 3.63) is 26.9 Å². The number of ether oxygens (including phenoxy) is 1. The van der Waals surface area contributed by atoms with Crippen LogP contribution in [0.2, 0.25) is 0 Å². The Hall–Kier alpha value is -1.20. The number of carbonyl (C=O) groups excluding carboxylic acids is 1. The normalized spacial score (nSPS) is 10.6. The summed E-state index contributed by atoms with van der Waals surface area (Å²) in [5.74, 6) is -0.188. The molecule has 0 amide bonds. The summed E-state index contributed by atoms with van der Waals surface area (Å²) in [4.78, 5) is 18.2. The van der Waals surface area contributed by atoms with Crippen LogP contribution in [0.4, 0.5) is 0 Å². The lowest BCUT2D eigenvalue weighted by Crippen LogP contribution is -2.01. The number of thiazole rings is 1. The van der Waals surface area contributed by atoms with E-state index in [2.05, 4.69) is 29.6 Å².